The number of carbonyl (C=O) groups excluding carboxylic acids is 3. The van der Waals surface area contributed by atoms with Crippen molar-refractivity contribution in [2.24, 2.45) is 0 Å². The lowest BCUT2D eigenvalue weighted by Crippen LogP contribution is -2.32. The Morgan fingerprint density at radius 3 is 2.27 bits per heavy atom. The number of nitrogens with one attached hydrogen (secondary N) is 2. The number of halogens is 3. The van der Waals surface area contributed by atoms with Crippen LogP contribution >= 0.6 is 34.8 Å². The quantitative estimate of drug-likeness (QED) is 0.331. The van der Waals surface area contributed by atoms with Crippen molar-refractivity contribution >= 4 is 75.6 Å². The number of ether oxygens (including phenoxy) is 1. The summed E-state index contributed by atoms with van der Waals surface area (Å²) in [6.45, 7) is 0. The Kier molecular flexibility index (Phi) is 7.40. The highest BCUT2D eigenvalue weighted by molar-refractivity contribution is 6.53. The Morgan fingerprint density at radius 1 is 0.946 bits per heavy atom. The zero-order chi connectivity index (χ0) is 26.9. The molecule has 0 saturated heterocycles. The highest BCUT2D eigenvalue weighted by Crippen LogP contribution is 2.33. The molecular weight excluding hydrogens is 545 g/mol. The number of benzene rings is 3. The molecule has 1 aliphatic heterocycles. The van der Waals surface area contributed by atoms with Crippen molar-refractivity contribution in [3.8, 4) is 5.75 Å². The number of hydrogen-bond acceptors (Lipinski definition) is 6. The molecular formula is C25H16Cl3N3O6. The summed E-state index contributed by atoms with van der Waals surface area (Å²) < 4.78 is 5.06. The predicted molar refractivity (Wildman–Crippen MR) is 140 cm³/mol. The Hall–Kier alpha value is -4.05. The molecule has 37 heavy (non-hydrogen) atoms. The number of methoxy groups -OCH3 is 1. The normalized spacial score (nSPS) is 13.1. The van der Waals surface area contributed by atoms with Crippen LogP contribution in [0.4, 0.5) is 17.1 Å². The zero-order valence-electron chi connectivity index (χ0n) is 18.8. The fraction of sp³-hybridized carbons (Fsp3) is 0.0400. The molecule has 1 heterocycles. The van der Waals surface area contributed by atoms with Crippen molar-refractivity contribution in [2.45, 2.75) is 0 Å². The van der Waals surface area contributed by atoms with E-state index in [1.165, 1.54) is 49.6 Å². The maximum Gasteiger partial charge on any atom is 0.339 e. The number of imide groups is 1. The fourth-order valence-corrected chi connectivity index (χ4v) is 4.10. The number of aromatic carboxylic acids is 1. The number of rotatable bonds is 7. The number of nitrogens with zero attached hydrogens (tertiary/aromatic N) is 1. The van der Waals surface area contributed by atoms with Crippen molar-refractivity contribution in [1.29, 1.82) is 0 Å². The highest BCUT2D eigenvalue weighted by Gasteiger charge is 2.39. The first kappa shape index (κ1) is 26.0. The number of carboxylic acids is 1. The molecule has 0 radical (unpaired) electrons. The minimum Gasteiger partial charge on any atom is -0.496 e. The molecule has 1 aliphatic rings. The maximum atomic E-state index is 12.9. The number of amides is 3. The van der Waals surface area contributed by atoms with Gasteiger partial charge in [0.1, 0.15) is 22.0 Å². The Morgan fingerprint density at radius 2 is 1.65 bits per heavy atom. The lowest BCUT2D eigenvalue weighted by Gasteiger charge is -2.15. The van der Waals surface area contributed by atoms with Gasteiger partial charge in [-0.3, -0.25) is 14.4 Å². The van der Waals surface area contributed by atoms with Gasteiger partial charge < -0.3 is 20.5 Å². The second-order valence-corrected chi connectivity index (χ2v) is 8.83. The van der Waals surface area contributed by atoms with Crippen LogP contribution in [0, 0.1) is 0 Å². The van der Waals surface area contributed by atoms with E-state index in [0.29, 0.717) is 10.7 Å². The van der Waals surface area contributed by atoms with Gasteiger partial charge in [0.05, 0.1) is 23.5 Å². The van der Waals surface area contributed by atoms with Crippen LogP contribution in [-0.2, 0) is 9.59 Å². The monoisotopic (exact) mass is 559 g/mol. The van der Waals surface area contributed by atoms with Crippen LogP contribution in [-0.4, -0.2) is 35.9 Å². The Labute approximate surface area is 225 Å². The molecule has 0 bridgehead atoms. The second kappa shape index (κ2) is 10.5. The van der Waals surface area contributed by atoms with Crippen LogP contribution in [0.15, 0.2) is 71.4 Å². The minimum atomic E-state index is -1.23. The molecule has 0 unspecified atom stereocenters. The van der Waals surface area contributed by atoms with Crippen LogP contribution in [0.1, 0.15) is 20.7 Å². The molecule has 0 atom stereocenters. The number of anilines is 3. The van der Waals surface area contributed by atoms with Crippen molar-refractivity contribution < 1.29 is 29.0 Å². The third-order valence-electron chi connectivity index (χ3n) is 5.28. The summed E-state index contributed by atoms with van der Waals surface area (Å²) in [5, 5.41) is 14.7. The van der Waals surface area contributed by atoms with E-state index in [1.807, 2.05) is 0 Å². The molecule has 3 amide bonds. The molecule has 0 spiro atoms. The Balaban J connectivity index is 1.49. The van der Waals surface area contributed by atoms with E-state index < -0.39 is 23.7 Å². The number of carboxylic acid groups (broad SMARTS) is 1. The van der Waals surface area contributed by atoms with Gasteiger partial charge in [-0.15, -0.1) is 0 Å². The third kappa shape index (κ3) is 5.24. The summed E-state index contributed by atoms with van der Waals surface area (Å²) in [5.74, 6) is -3.09. The average Bonchev–Trinajstić information content (AvgIpc) is 3.08. The molecule has 0 saturated carbocycles. The van der Waals surface area contributed by atoms with Gasteiger partial charge in [-0.05, 0) is 48.5 Å². The second-order valence-electron chi connectivity index (χ2n) is 7.61. The number of carbonyl (C=O) groups is 4. The molecule has 9 nitrogen and oxygen atoms in total. The highest BCUT2D eigenvalue weighted by atomic mass is 35.5. The van der Waals surface area contributed by atoms with E-state index in [9.17, 15) is 24.3 Å². The predicted octanol–water partition coefficient (Wildman–Crippen LogP) is 5.39. The third-order valence-corrected chi connectivity index (χ3v) is 6.18. The summed E-state index contributed by atoms with van der Waals surface area (Å²) >= 11 is 18.2. The van der Waals surface area contributed by atoms with E-state index in [2.05, 4.69) is 10.6 Å². The zero-order valence-corrected chi connectivity index (χ0v) is 21.1. The first-order chi connectivity index (χ1) is 17.6. The molecule has 3 aromatic rings. The molecule has 0 aliphatic carbocycles. The van der Waals surface area contributed by atoms with Gasteiger partial charge >= 0.3 is 5.97 Å². The van der Waals surface area contributed by atoms with Gasteiger partial charge in [0, 0.05) is 22.3 Å². The van der Waals surface area contributed by atoms with Crippen LogP contribution in [0.2, 0.25) is 10.0 Å². The molecule has 0 fully saturated rings. The standard InChI is InChI=1S/C25H16Cl3N3O6/c1-37-19-11-18(17(27)10-16(19)25(35)36)30-22(32)12-5-7-14(8-6-12)29-21-20(28)23(33)31(24(21)34)15-4-2-3-13(26)9-15/h2-11,29H,1H3,(H,30,32)(H,35,36). The lowest BCUT2D eigenvalue weighted by atomic mass is 10.1. The molecule has 3 N–H and O–H groups in total. The van der Waals surface area contributed by atoms with Crippen molar-refractivity contribution in [1.82, 2.24) is 0 Å². The average molecular weight is 561 g/mol. The topological polar surface area (TPSA) is 125 Å². The van der Waals surface area contributed by atoms with Gasteiger partial charge in [-0.1, -0.05) is 40.9 Å². The summed E-state index contributed by atoms with van der Waals surface area (Å²) in [6, 6.07) is 14.7. The van der Waals surface area contributed by atoms with Crippen molar-refractivity contribution in [2.75, 3.05) is 22.6 Å². The van der Waals surface area contributed by atoms with E-state index >= 15 is 0 Å². The van der Waals surface area contributed by atoms with Crippen LogP contribution in [0.3, 0.4) is 0 Å². The summed E-state index contributed by atoms with van der Waals surface area (Å²) in [4.78, 5) is 50.5. The summed E-state index contributed by atoms with van der Waals surface area (Å²) in [6.07, 6.45) is 0. The van der Waals surface area contributed by atoms with Gasteiger partial charge in [0.2, 0.25) is 0 Å². The molecule has 3 aromatic carbocycles. The first-order valence-electron chi connectivity index (χ1n) is 10.4. The minimum absolute atomic E-state index is 0.0140. The van der Waals surface area contributed by atoms with Crippen molar-refractivity contribution in [3.05, 3.63) is 92.6 Å². The summed E-state index contributed by atoms with van der Waals surface area (Å²) in [7, 11) is 1.30. The largest absolute Gasteiger partial charge is 0.496 e. The van der Waals surface area contributed by atoms with E-state index in [1.54, 1.807) is 18.2 Å². The van der Waals surface area contributed by atoms with Crippen molar-refractivity contribution in [3.63, 3.8) is 0 Å². The van der Waals surface area contributed by atoms with Crippen LogP contribution in [0.25, 0.3) is 0 Å². The molecule has 4 rings (SSSR count). The van der Waals surface area contributed by atoms with E-state index in [0.717, 1.165) is 4.90 Å². The van der Waals surface area contributed by atoms with Gasteiger partial charge in [0.15, 0.2) is 0 Å². The van der Waals surface area contributed by atoms with Crippen LogP contribution < -0.4 is 20.3 Å². The Bertz CT molecular complexity index is 1490. The lowest BCUT2D eigenvalue weighted by molar-refractivity contribution is -0.120. The molecule has 12 heteroatoms. The first-order valence-corrected chi connectivity index (χ1v) is 11.6. The molecule has 0 aromatic heterocycles. The van der Waals surface area contributed by atoms with Crippen LogP contribution in [0.5, 0.6) is 5.75 Å². The maximum absolute atomic E-state index is 12.9. The molecule has 188 valence electrons. The number of hydrogen-bond donors (Lipinski definition) is 3. The smallest absolute Gasteiger partial charge is 0.339 e. The van der Waals surface area contributed by atoms with Gasteiger partial charge in [0.25, 0.3) is 17.7 Å². The van der Waals surface area contributed by atoms with E-state index in [-0.39, 0.29) is 44.0 Å². The van der Waals surface area contributed by atoms with Gasteiger partial charge in [-0.2, -0.15) is 0 Å². The fourth-order valence-electron chi connectivity index (χ4n) is 3.49. The van der Waals surface area contributed by atoms with Gasteiger partial charge in [-0.25, -0.2) is 9.69 Å². The SMILES string of the molecule is COc1cc(NC(=O)c2ccc(NC3=C(Cl)C(=O)N(c4cccc(Cl)c4)C3=O)cc2)c(Cl)cc1C(=O)O. The summed E-state index contributed by atoms with van der Waals surface area (Å²) in [5.41, 5.74) is 0.783. The van der Waals surface area contributed by atoms with E-state index in [4.69, 9.17) is 39.5 Å².